The van der Waals surface area contributed by atoms with Crippen LogP contribution >= 0.6 is 31.9 Å². The minimum Gasteiger partial charge on any atom is -0.345 e. The Balaban J connectivity index is 1.49. The van der Waals surface area contributed by atoms with Crippen molar-refractivity contribution in [1.29, 1.82) is 0 Å². The van der Waals surface area contributed by atoms with Gasteiger partial charge >= 0.3 is 0 Å². The average Bonchev–Trinajstić information content (AvgIpc) is 2.83. The first-order chi connectivity index (χ1) is 16.6. The van der Waals surface area contributed by atoms with E-state index in [9.17, 15) is 13.2 Å². The third-order valence-corrected chi connectivity index (χ3v) is 9.60. The van der Waals surface area contributed by atoms with Gasteiger partial charge in [-0.3, -0.25) is 9.78 Å². The summed E-state index contributed by atoms with van der Waals surface area (Å²) >= 11 is 6.70. The van der Waals surface area contributed by atoms with Crippen molar-refractivity contribution in [3.05, 3.63) is 92.1 Å². The fourth-order valence-electron chi connectivity index (χ4n) is 4.51. The van der Waals surface area contributed by atoms with Gasteiger partial charge in [0.1, 0.15) is 0 Å². The topological polar surface area (TPSA) is 79.4 Å². The standard InChI is InChI=1S/C26H27Br2N3O3S/c1-17-12-18(2)14-21(13-17)25(20-4-3-9-29-16-20)30-26(32)19-7-10-31(11-8-19)35(33,34)24-15-22(27)5-6-23(24)28/h3-6,9,12-16,19,25H,7-8,10-11H2,1-2H3,(H,30,32). The second-order valence-electron chi connectivity index (χ2n) is 8.90. The van der Waals surface area contributed by atoms with E-state index in [1.165, 1.54) is 4.31 Å². The number of carbonyl (C=O) groups is 1. The van der Waals surface area contributed by atoms with Crippen molar-refractivity contribution >= 4 is 47.8 Å². The van der Waals surface area contributed by atoms with Crippen LogP contribution in [0.3, 0.4) is 0 Å². The average molecular weight is 621 g/mol. The lowest BCUT2D eigenvalue weighted by atomic mass is 9.93. The van der Waals surface area contributed by atoms with Gasteiger partial charge in [0.2, 0.25) is 15.9 Å². The Morgan fingerprint density at radius 1 is 1.03 bits per heavy atom. The van der Waals surface area contributed by atoms with Gasteiger partial charge in [-0.25, -0.2) is 8.42 Å². The van der Waals surface area contributed by atoms with Crippen LogP contribution in [0, 0.1) is 19.8 Å². The number of amides is 1. The summed E-state index contributed by atoms with van der Waals surface area (Å²) in [4.78, 5) is 17.8. The van der Waals surface area contributed by atoms with Gasteiger partial charge in [0.05, 0.1) is 10.9 Å². The highest BCUT2D eigenvalue weighted by Gasteiger charge is 2.34. The molecule has 1 aromatic heterocycles. The SMILES string of the molecule is Cc1cc(C)cc(C(NC(=O)C2CCN(S(=O)(=O)c3cc(Br)ccc3Br)CC2)c2cccnc2)c1. The first kappa shape index (κ1) is 26.0. The van der Waals surface area contributed by atoms with Crippen molar-refractivity contribution in [3.8, 4) is 0 Å². The zero-order chi connectivity index (χ0) is 25.2. The summed E-state index contributed by atoms with van der Waals surface area (Å²) in [5.41, 5.74) is 4.16. The molecular weight excluding hydrogens is 594 g/mol. The van der Waals surface area contributed by atoms with E-state index in [1.54, 1.807) is 30.6 Å². The molecule has 1 N–H and O–H groups in total. The molecular formula is C26H27Br2N3O3S. The van der Waals surface area contributed by atoms with Gasteiger partial charge in [-0.05, 0) is 78.0 Å². The highest BCUT2D eigenvalue weighted by atomic mass is 79.9. The molecule has 0 radical (unpaired) electrons. The van der Waals surface area contributed by atoms with Gasteiger partial charge < -0.3 is 5.32 Å². The van der Waals surface area contributed by atoms with Crippen molar-refractivity contribution in [2.24, 2.45) is 5.92 Å². The Bertz CT molecular complexity index is 1300. The molecule has 0 aliphatic carbocycles. The molecule has 0 spiro atoms. The first-order valence-corrected chi connectivity index (χ1v) is 14.4. The molecule has 6 nitrogen and oxygen atoms in total. The molecule has 9 heteroatoms. The number of pyridine rings is 1. The van der Waals surface area contributed by atoms with Crippen LogP contribution in [0.5, 0.6) is 0 Å². The monoisotopic (exact) mass is 619 g/mol. The van der Waals surface area contributed by atoms with Crippen LogP contribution in [0.2, 0.25) is 0 Å². The predicted molar refractivity (Wildman–Crippen MR) is 143 cm³/mol. The molecule has 0 bridgehead atoms. The van der Waals surface area contributed by atoms with E-state index >= 15 is 0 Å². The van der Waals surface area contributed by atoms with E-state index in [1.807, 2.05) is 26.0 Å². The number of rotatable bonds is 6. The summed E-state index contributed by atoms with van der Waals surface area (Å²) < 4.78 is 29.1. The Morgan fingerprint density at radius 2 is 1.71 bits per heavy atom. The second-order valence-corrected chi connectivity index (χ2v) is 12.6. The Morgan fingerprint density at radius 3 is 2.34 bits per heavy atom. The van der Waals surface area contributed by atoms with Crippen molar-refractivity contribution in [2.45, 2.75) is 37.6 Å². The number of piperidine rings is 1. The number of carbonyl (C=O) groups excluding carboxylic acids is 1. The molecule has 3 aromatic rings. The number of hydrogen-bond donors (Lipinski definition) is 1. The number of benzene rings is 2. The predicted octanol–water partition coefficient (Wildman–Crippen LogP) is 5.53. The van der Waals surface area contributed by atoms with Crippen LogP contribution in [0.4, 0.5) is 0 Å². The first-order valence-electron chi connectivity index (χ1n) is 11.4. The molecule has 0 saturated carbocycles. The summed E-state index contributed by atoms with van der Waals surface area (Å²) in [5.74, 6) is -0.337. The van der Waals surface area contributed by atoms with Gasteiger partial charge in [-0.15, -0.1) is 0 Å². The molecule has 1 amide bonds. The van der Waals surface area contributed by atoms with E-state index in [2.05, 4.69) is 60.4 Å². The Kier molecular flexibility index (Phi) is 8.10. The molecule has 1 saturated heterocycles. The largest absolute Gasteiger partial charge is 0.345 e. The number of nitrogens with one attached hydrogen (secondary N) is 1. The number of nitrogens with zero attached hydrogens (tertiary/aromatic N) is 2. The zero-order valence-corrected chi connectivity index (χ0v) is 23.5. The van der Waals surface area contributed by atoms with Crippen LogP contribution in [-0.2, 0) is 14.8 Å². The van der Waals surface area contributed by atoms with Crippen LogP contribution < -0.4 is 5.32 Å². The summed E-state index contributed by atoms with van der Waals surface area (Å²) in [7, 11) is -3.67. The van der Waals surface area contributed by atoms with Crippen molar-refractivity contribution in [3.63, 3.8) is 0 Å². The Hall–Kier alpha value is -2.07. The summed E-state index contributed by atoms with van der Waals surface area (Å²) in [5, 5.41) is 3.21. The molecule has 35 heavy (non-hydrogen) atoms. The minimum atomic E-state index is -3.67. The van der Waals surface area contributed by atoms with Crippen molar-refractivity contribution in [1.82, 2.24) is 14.6 Å². The molecule has 4 rings (SSSR count). The second kappa shape index (κ2) is 10.9. The van der Waals surface area contributed by atoms with Crippen LogP contribution in [0.15, 0.2) is 74.8 Å². The van der Waals surface area contributed by atoms with Gasteiger partial charge in [0, 0.05) is 40.3 Å². The summed E-state index contributed by atoms with van der Waals surface area (Å²) in [6, 6.07) is 14.9. The van der Waals surface area contributed by atoms with Crippen LogP contribution in [0.1, 0.15) is 41.1 Å². The molecule has 2 aromatic carbocycles. The fraction of sp³-hybridized carbons (Fsp3) is 0.308. The molecule has 2 heterocycles. The maximum atomic E-state index is 13.3. The van der Waals surface area contributed by atoms with Gasteiger partial charge in [0.25, 0.3) is 0 Å². The van der Waals surface area contributed by atoms with Gasteiger partial charge in [-0.2, -0.15) is 4.31 Å². The number of halogens is 2. The number of aryl methyl sites for hydroxylation is 2. The molecule has 1 fully saturated rings. The van der Waals surface area contributed by atoms with E-state index in [0.717, 1.165) is 22.3 Å². The summed E-state index contributed by atoms with van der Waals surface area (Å²) in [6.07, 6.45) is 4.41. The molecule has 1 aliphatic heterocycles. The minimum absolute atomic E-state index is 0.0707. The number of aromatic nitrogens is 1. The van der Waals surface area contributed by atoms with Crippen LogP contribution in [-0.4, -0.2) is 36.7 Å². The molecule has 1 atom stereocenters. The van der Waals surface area contributed by atoms with E-state index < -0.39 is 10.0 Å². The smallest absolute Gasteiger partial charge is 0.244 e. The van der Waals surface area contributed by atoms with Gasteiger partial charge in [-0.1, -0.05) is 51.3 Å². The van der Waals surface area contributed by atoms with Crippen LogP contribution in [0.25, 0.3) is 0 Å². The lowest BCUT2D eigenvalue weighted by Crippen LogP contribution is -2.43. The van der Waals surface area contributed by atoms with E-state index in [0.29, 0.717) is 34.9 Å². The fourth-order valence-corrected chi connectivity index (χ4v) is 7.45. The third kappa shape index (κ3) is 6.02. The third-order valence-electron chi connectivity index (χ3n) is 6.22. The summed E-state index contributed by atoms with van der Waals surface area (Å²) in [6.45, 7) is 4.66. The highest BCUT2D eigenvalue weighted by molar-refractivity contribution is 9.11. The van der Waals surface area contributed by atoms with E-state index in [4.69, 9.17) is 0 Å². The van der Waals surface area contributed by atoms with Crippen molar-refractivity contribution < 1.29 is 13.2 Å². The Labute approximate surface area is 223 Å². The quantitative estimate of drug-likeness (QED) is 0.393. The molecule has 184 valence electrons. The molecule has 1 unspecified atom stereocenters. The number of sulfonamides is 1. The van der Waals surface area contributed by atoms with Crippen molar-refractivity contribution in [2.75, 3.05) is 13.1 Å². The maximum absolute atomic E-state index is 13.3. The normalized spacial score (nSPS) is 16.1. The maximum Gasteiger partial charge on any atom is 0.244 e. The molecule has 1 aliphatic rings. The zero-order valence-electron chi connectivity index (χ0n) is 19.5. The highest BCUT2D eigenvalue weighted by Crippen LogP contribution is 2.31. The van der Waals surface area contributed by atoms with Gasteiger partial charge in [0.15, 0.2) is 0 Å². The lowest BCUT2D eigenvalue weighted by Gasteiger charge is -2.32. The lowest BCUT2D eigenvalue weighted by molar-refractivity contribution is -0.126. The van der Waals surface area contributed by atoms with E-state index in [-0.39, 0.29) is 22.8 Å². The number of hydrogen-bond acceptors (Lipinski definition) is 4.